The van der Waals surface area contributed by atoms with Crippen LogP contribution < -0.4 is 0 Å². The number of aromatic nitrogens is 6. The monoisotopic (exact) mass is 943 g/mol. The smallest absolute Gasteiger partial charge is 0.164 e. The second-order valence-corrected chi connectivity index (χ2v) is 23.7. The molecular formula is C66H66N6. The largest absolute Gasteiger partial charge is 0.309 e. The Kier molecular flexibility index (Phi) is 12.0. The van der Waals surface area contributed by atoms with Crippen molar-refractivity contribution < 1.29 is 0 Å². The number of aryl methyl sites for hydroxylation is 1. The second kappa shape index (κ2) is 17.9. The lowest BCUT2D eigenvalue weighted by molar-refractivity contribution is 0.568. The number of fused-ring (bicyclic) bond motifs is 3. The molecule has 0 saturated carbocycles. The van der Waals surface area contributed by atoms with Crippen LogP contribution in [0.2, 0.25) is 0 Å². The Labute approximate surface area is 426 Å². The van der Waals surface area contributed by atoms with Crippen LogP contribution in [-0.2, 0) is 21.7 Å². The predicted octanol–water partition coefficient (Wildman–Crippen LogP) is 17.3. The molecule has 6 heteroatoms. The first-order chi connectivity index (χ1) is 34.1. The highest BCUT2D eigenvalue weighted by Crippen LogP contribution is 2.41. The number of rotatable bonds is 7. The third kappa shape index (κ3) is 9.51. The number of nitrogens with zero attached hydrogens (tertiary/aromatic N) is 6. The zero-order valence-corrected chi connectivity index (χ0v) is 44.3. The molecule has 10 rings (SSSR count). The summed E-state index contributed by atoms with van der Waals surface area (Å²) in [6, 6.07) is 58.6. The van der Waals surface area contributed by atoms with E-state index in [2.05, 4.69) is 246 Å². The lowest BCUT2D eigenvalue weighted by Crippen LogP contribution is -2.17. The molecule has 0 bridgehead atoms. The minimum absolute atomic E-state index is 0.111. The Balaban J connectivity index is 1.30. The summed E-state index contributed by atoms with van der Waals surface area (Å²) in [6.07, 6.45) is 0. The van der Waals surface area contributed by atoms with E-state index in [1.807, 2.05) is 12.1 Å². The molecule has 0 atom stereocenters. The lowest BCUT2D eigenvalue weighted by Gasteiger charge is -2.26. The predicted molar refractivity (Wildman–Crippen MR) is 302 cm³/mol. The van der Waals surface area contributed by atoms with Crippen LogP contribution in [0.25, 0.3) is 95.6 Å². The van der Waals surface area contributed by atoms with Crippen LogP contribution in [0.4, 0.5) is 0 Å². The van der Waals surface area contributed by atoms with Gasteiger partial charge in [0.2, 0.25) is 0 Å². The highest BCUT2D eigenvalue weighted by Gasteiger charge is 2.27. The number of para-hydroxylation sites is 1. The molecular weight excluding hydrogens is 877 g/mol. The van der Waals surface area contributed by atoms with Crippen LogP contribution >= 0.6 is 0 Å². The average molecular weight is 943 g/mol. The molecule has 360 valence electrons. The Morgan fingerprint density at radius 1 is 0.319 bits per heavy atom. The van der Waals surface area contributed by atoms with Crippen LogP contribution in [-0.4, -0.2) is 29.5 Å². The molecule has 0 radical (unpaired) electrons. The second-order valence-electron chi connectivity index (χ2n) is 23.7. The molecule has 0 saturated heterocycles. The fourth-order valence-electron chi connectivity index (χ4n) is 9.49. The summed E-state index contributed by atoms with van der Waals surface area (Å²) in [6.45, 7) is 29.4. The molecule has 0 fully saturated rings. The molecule has 72 heavy (non-hydrogen) atoms. The maximum Gasteiger partial charge on any atom is 0.164 e. The number of benzene rings is 7. The highest BCUT2D eigenvalue weighted by atomic mass is 15.0. The maximum absolute atomic E-state index is 5.49. The van der Waals surface area contributed by atoms with E-state index in [0.717, 1.165) is 61.5 Å². The summed E-state index contributed by atoms with van der Waals surface area (Å²) in [5, 5.41) is 2.37. The van der Waals surface area contributed by atoms with E-state index < -0.39 is 0 Å². The SMILES string of the molecule is Cc1ccc2c(c1)c1ccccc1n2-c1ccc(-c2nc(-c3cc(C(C)(C)C)cc(C(C)(C)C)c3)nc(-c3cc(C(C)(C)C)cc(C(C)(C)C)c3)n2)cc1-c1nc(-c2ccccc2)cc(-c2ccccc2)n1. The van der Waals surface area contributed by atoms with E-state index in [1.54, 1.807) is 0 Å². The zero-order valence-electron chi connectivity index (χ0n) is 44.3. The molecule has 0 aliphatic heterocycles. The molecule has 0 aliphatic carbocycles. The van der Waals surface area contributed by atoms with Crippen molar-refractivity contribution in [3.05, 3.63) is 192 Å². The third-order valence-electron chi connectivity index (χ3n) is 13.9. The fourth-order valence-corrected chi connectivity index (χ4v) is 9.49. The summed E-state index contributed by atoms with van der Waals surface area (Å²) < 4.78 is 2.37. The normalized spacial score (nSPS) is 12.5. The molecule has 0 aliphatic rings. The van der Waals surface area contributed by atoms with E-state index in [9.17, 15) is 0 Å². The van der Waals surface area contributed by atoms with E-state index in [4.69, 9.17) is 24.9 Å². The van der Waals surface area contributed by atoms with Crippen molar-refractivity contribution >= 4 is 21.8 Å². The van der Waals surface area contributed by atoms with Crippen LogP contribution in [0.1, 0.15) is 111 Å². The minimum atomic E-state index is -0.111. The summed E-state index contributed by atoms with van der Waals surface area (Å²) in [4.78, 5) is 27.3. The third-order valence-corrected chi connectivity index (χ3v) is 13.9. The average Bonchev–Trinajstić information content (AvgIpc) is 3.68. The topological polar surface area (TPSA) is 69.4 Å². The van der Waals surface area contributed by atoms with Gasteiger partial charge in [0, 0.05) is 44.2 Å². The molecule has 7 aromatic carbocycles. The van der Waals surface area contributed by atoms with Crippen molar-refractivity contribution in [2.75, 3.05) is 0 Å². The van der Waals surface area contributed by atoms with Gasteiger partial charge in [-0.05, 0) is 118 Å². The van der Waals surface area contributed by atoms with Crippen LogP contribution in [0.5, 0.6) is 0 Å². The van der Waals surface area contributed by atoms with Crippen molar-refractivity contribution in [3.8, 4) is 73.8 Å². The number of hydrogen-bond acceptors (Lipinski definition) is 5. The van der Waals surface area contributed by atoms with Crippen molar-refractivity contribution in [1.82, 2.24) is 29.5 Å². The van der Waals surface area contributed by atoms with Gasteiger partial charge in [-0.3, -0.25) is 0 Å². The minimum Gasteiger partial charge on any atom is -0.309 e. The Morgan fingerprint density at radius 2 is 0.750 bits per heavy atom. The van der Waals surface area contributed by atoms with Crippen LogP contribution in [0.15, 0.2) is 164 Å². The van der Waals surface area contributed by atoms with Gasteiger partial charge in [-0.25, -0.2) is 24.9 Å². The Morgan fingerprint density at radius 3 is 1.22 bits per heavy atom. The molecule has 3 aromatic heterocycles. The van der Waals surface area contributed by atoms with E-state index in [0.29, 0.717) is 23.3 Å². The van der Waals surface area contributed by atoms with Gasteiger partial charge in [-0.15, -0.1) is 0 Å². The Hall–Kier alpha value is -7.57. The summed E-state index contributed by atoms with van der Waals surface area (Å²) >= 11 is 0. The molecule has 0 N–H and O–H groups in total. The molecule has 0 amide bonds. The summed E-state index contributed by atoms with van der Waals surface area (Å²) in [5.74, 6) is 2.42. The zero-order chi connectivity index (χ0) is 50.9. The first kappa shape index (κ1) is 48.1. The summed E-state index contributed by atoms with van der Waals surface area (Å²) in [5.41, 5.74) is 16.1. The van der Waals surface area contributed by atoms with Gasteiger partial charge in [-0.2, -0.15) is 0 Å². The molecule has 0 spiro atoms. The van der Waals surface area contributed by atoms with Crippen molar-refractivity contribution in [2.24, 2.45) is 0 Å². The standard InChI is InChI=1S/C66H66N6/c1-41-28-30-57-52(32-41)51-26-20-21-27-56(51)72(57)58-31-29-44(37-53(58)62-67-54(42-22-16-14-17-23-42)40-55(68-62)43-24-18-15-19-25-43)59-69-60(45-33-47(63(2,3)4)38-48(34-45)64(5,6)7)71-61(70-59)46-35-49(65(8,9)10)39-50(36-46)66(11,12)13/h14-40H,1-13H3. The maximum atomic E-state index is 5.49. The fraction of sp³-hybridized carbons (Fsp3) is 0.258. The van der Waals surface area contributed by atoms with Gasteiger partial charge in [0.25, 0.3) is 0 Å². The molecule has 0 unspecified atom stereocenters. The van der Waals surface area contributed by atoms with Gasteiger partial charge in [0.1, 0.15) is 0 Å². The van der Waals surface area contributed by atoms with Gasteiger partial charge in [0.05, 0.1) is 28.1 Å². The van der Waals surface area contributed by atoms with E-state index in [1.165, 1.54) is 38.6 Å². The molecule has 10 aromatic rings. The van der Waals surface area contributed by atoms with Crippen molar-refractivity contribution in [3.63, 3.8) is 0 Å². The number of hydrogen-bond donors (Lipinski definition) is 0. The van der Waals surface area contributed by atoms with Gasteiger partial charge in [0.15, 0.2) is 23.3 Å². The lowest BCUT2D eigenvalue weighted by atomic mass is 9.79. The van der Waals surface area contributed by atoms with Gasteiger partial charge in [-0.1, -0.05) is 186 Å². The van der Waals surface area contributed by atoms with Crippen LogP contribution in [0, 0.1) is 6.92 Å². The molecule has 3 heterocycles. The van der Waals surface area contributed by atoms with E-state index >= 15 is 0 Å². The van der Waals surface area contributed by atoms with E-state index in [-0.39, 0.29) is 21.7 Å². The van der Waals surface area contributed by atoms with Crippen molar-refractivity contribution in [1.29, 1.82) is 0 Å². The van der Waals surface area contributed by atoms with Gasteiger partial charge >= 0.3 is 0 Å². The quantitative estimate of drug-likeness (QED) is 0.159. The summed E-state index contributed by atoms with van der Waals surface area (Å²) in [7, 11) is 0. The highest BCUT2D eigenvalue weighted by molar-refractivity contribution is 6.10. The van der Waals surface area contributed by atoms with Gasteiger partial charge < -0.3 is 4.57 Å². The Bertz CT molecular complexity index is 3450. The first-order valence-corrected chi connectivity index (χ1v) is 25.3. The van der Waals surface area contributed by atoms with Crippen LogP contribution in [0.3, 0.4) is 0 Å². The van der Waals surface area contributed by atoms with Crippen molar-refractivity contribution in [2.45, 2.75) is 112 Å². The first-order valence-electron chi connectivity index (χ1n) is 25.3. The molecule has 6 nitrogen and oxygen atoms in total.